The Kier molecular flexibility index (Phi) is 4.24. The molecule has 0 aromatic heterocycles. The average Bonchev–Trinajstić information content (AvgIpc) is 2.48. The number of hydrogen-bond donors (Lipinski definition) is 1. The Bertz CT molecular complexity index is 509. The molecule has 0 radical (unpaired) electrons. The molecule has 5 heteroatoms. The number of hydrazine groups is 1. The van der Waals surface area contributed by atoms with E-state index in [9.17, 15) is 0 Å². The van der Waals surface area contributed by atoms with Gasteiger partial charge >= 0.3 is 0 Å². The Morgan fingerprint density at radius 2 is 2.10 bits per heavy atom. The molecule has 0 unspecified atom stereocenters. The minimum atomic E-state index is 0.821. The van der Waals surface area contributed by atoms with Crippen molar-refractivity contribution in [2.45, 2.75) is 26.3 Å². The van der Waals surface area contributed by atoms with E-state index in [1.54, 1.807) is 0 Å². The van der Waals surface area contributed by atoms with Crippen molar-refractivity contribution in [1.82, 2.24) is 15.3 Å². The molecule has 1 aromatic rings. The molecule has 3 rings (SSSR count). The number of piperazine rings is 1. The zero-order valence-electron chi connectivity index (χ0n) is 11.9. The molecule has 1 N–H and O–H groups in total. The van der Waals surface area contributed by atoms with E-state index in [0.717, 1.165) is 61.8 Å². The van der Waals surface area contributed by atoms with Gasteiger partial charge in [-0.15, -0.1) is 0 Å². The Morgan fingerprint density at radius 1 is 1.30 bits per heavy atom. The minimum absolute atomic E-state index is 0.821. The monoisotopic (exact) mass is 292 g/mol. The van der Waals surface area contributed by atoms with Crippen LogP contribution in [0.2, 0.25) is 5.02 Å². The van der Waals surface area contributed by atoms with E-state index in [4.69, 9.17) is 16.6 Å². The van der Waals surface area contributed by atoms with Gasteiger partial charge in [0.05, 0.1) is 12.2 Å². The molecule has 4 nitrogen and oxygen atoms in total. The summed E-state index contributed by atoms with van der Waals surface area (Å²) in [5, 5.41) is 8.95. The largest absolute Gasteiger partial charge is 0.314 e. The summed E-state index contributed by atoms with van der Waals surface area (Å²) >= 11 is 6.34. The molecular weight excluding hydrogens is 272 g/mol. The molecule has 1 aromatic carbocycles. The van der Waals surface area contributed by atoms with Crippen LogP contribution >= 0.6 is 11.6 Å². The molecule has 0 amide bonds. The smallest absolute Gasteiger partial charge is 0.119 e. The van der Waals surface area contributed by atoms with Gasteiger partial charge in [-0.3, -0.25) is 5.01 Å². The van der Waals surface area contributed by atoms with E-state index >= 15 is 0 Å². The van der Waals surface area contributed by atoms with Gasteiger partial charge in [0.25, 0.3) is 0 Å². The van der Waals surface area contributed by atoms with Crippen molar-refractivity contribution in [1.29, 1.82) is 0 Å². The summed E-state index contributed by atoms with van der Waals surface area (Å²) in [6, 6.07) is 6.00. The molecule has 0 atom stereocenters. The Labute approximate surface area is 125 Å². The quantitative estimate of drug-likeness (QED) is 0.929. The van der Waals surface area contributed by atoms with Gasteiger partial charge in [0.15, 0.2) is 0 Å². The van der Waals surface area contributed by atoms with Crippen LogP contribution < -0.4 is 5.32 Å². The molecule has 2 aliphatic heterocycles. The van der Waals surface area contributed by atoms with Crippen LogP contribution in [0, 0.1) is 0 Å². The van der Waals surface area contributed by atoms with Crippen molar-refractivity contribution in [3.63, 3.8) is 0 Å². The first kappa shape index (κ1) is 13.9. The van der Waals surface area contributed by atoms with Crippen molar-refractivity contribution >= 4 is 23.1 Å². The maximum absolute atomic E-state index is 6.34. The van der Waals surface area contributed by atoms with Gasteiger partial charge in [-0.25, -0.2) is 10.0 Å². The van der Waals surface area contributed by atoms with Crippen LogP contribution in [-0.4, -0.2) is 42.0 Å². The van der Waals surface area contributed by atoms with Gasteiger partial charge in [0.2, 0.25) is 0 Å². The number of aliphatic imine (C=N–C) groups is 1. The van der Waals surface area contributed by atoms with Gasteiger partial charge in [0, 0.05) is 43.2 Å². The lowest BCUT2D eigenvalue weighted by atomic mass is 10.1. The van der Waals surface area contributed by atoms with E-state index in [1.165, 1.54) is 5.84 Å². The third-order valence-electron chi connectivity index (χ3n) is 3.86. The lowest BCUT2D eigenvalue weighted by Gasteiger charge is -2.41. The van der Waals surface area contributed by atoms with Crippen LogP contribution in [0.5, 0.6) is 0 Å². The third kappa shape index (κ3) is 2.68. The summed E-state index contributed by atoms with van der Waals surface area (Å²) < 4.78 is 0. The number of nitrogens with zero attached hydrogens (tertiary/aromatic N) is 3. The minimum Gasteiger partial charge on any atom is -0.314 e. The highest BCUT2D eigenvalue weighted by Crippen LogP contribution is 2.33. The predicted octanol–water partition coefficient (Wildman–Crippen LogP) is 2.81. The third-order valence-corrected chi connectivity index (χ3v) is 4.21. The van der Waals surface area contributed by atoms with Crippen LogP contribution in [-0.2, 0) is 6.54 Å². The highest BCUT2D eigenvalue weighted by atomic mass is 35.5. The molecule has 0 bridgehead atoms. The second-order valence-electron chi connectivity index (χ2n) is 5.28. The van der Waals surface area contributed by atoms with Crippen LogP contribution in [0.4, 0.5) is 5.69 Å². The number of nitrogens with one attached hydrogen (secondary N) is 1. The second-order valence-corrected chi connectivity index (χ2v) is 5.68. The number of amidine groups is 1. The Balaban J connectivity index is 1.92. The van der Waals surface area contributed by atoms with E-state index in [1.807, 2.05) is 12.1 Å². The highest BCUT2D eigenvalue weighted by Gasteiger charge is 2.26. The fourth-order valence-corrected chi connectivity index (χ4v) is 3.04. The van der Waals surface area contributed by atoms with Gasteiger partial charge in [-0.05, 0) is 18.6 Å². The van der Waals surface area contributed by atoms with Gasteiger partial charge in [-0.2, -0.15) is 0 Å². The molecule has 1 fully saturated rings. The lowest BCUT2D eigenvalue weighted by molar-refractivity contribution is 0.0219. The summed E-state index contributed by atoms with van der Waals surface area (Å²) in [7, 11) is 0. The van der Waals surface area contributed by atoms with Crippen molar-refractivity contribution in [2.75, 3.05) is 26.2 Å². The van der Waals surface area contributed by atoms with Crippen molar-refractivity contribution in [3.05, 3.63) is 28.8 Å². The van der Waals surface area contributed by atoms with E-state index < -0.39 is 0 Å². The molecule has 2 aliphatic rings. The lowest BCUT2D eigenvalue weighted by Crippen LogP contribution is -2.54. The zero-order valence-corrected chi connectivity index (χ0v) is 12.7. The Hall–Kier alpha value is -1.10. The van der Waals surface area contributed by atoms with Crippen molar-refractivity contribution < 1.29 is 0 Å². The van der Waals surface area contributed by atoms with Crippen LogP contribution in [0.15, 0.2) is 23.2 Å². The molecule has 20 heavy (non-hydrogen) atoms. The molecule has 0 aliphatic carbocycles. The van der Waals surface area contributed by atoms with Crippen LogP contribution in [0.25, 0.3) is 0 Å². The zero-order chi connectivity index (χ0) is 13.9. The fraction of sp³-hybridized carbons (Fsp3) is 0.533. The topological polar surface area (TPSA) is 30.9 Å². The summed E-state index contributed by atoms with van der Waals surface area (Å²) in [4.78, 5) is 4.85. The first-order valence-corrected chi connectivity index (χ1v) is 7.75. The van der Waals surface area contributed by atoms with Gasteiger partial charge < -0.3 is 5.32 Å². The second kappa shape index (κ2) is 6.12. The summed E-state index contributed by atoms with van der Waals surface area (Å²) in [5.74, 6) is 1.17. The average molecular weight is 293 g/mol. The normalized spacial score (nSPS) is 19.7. The van der Waals surface area contributed by atoms with Crippen LogP contribution in [0.3, 0.4) is 0 Å². The maximum Gasteiger partial charge on any atom is 0.119 e. The molecule has 108 valence electrons. The summed E-state index contributed by atoms with van der Waals surface area (Å²) in [6.07, 6.45) is 2.12. The number of fused-ring (bicyclic) bond motifs is 1. The Morgan fingerprint density at radius 3 is 2.85 bits per heavy atom. The molecule has 0 spiro atoms. The SMILES string of the molecule is CCCC1=Nc2cccc(Cl)c2CN1N1CCNCC1. The number of benzene rings is 1. The van der Waals surface area contributed by atoms with Crippen molar-refractivity contribution in [3.8, 4) is 0 Å². The van der Waals surface area contributed by atoms with E-state index in [0.29, 0.717) is 0 Å². The standard InChI is InChI=1S/C15H21ClN4/c1-2-4-15-18-14-6-3-5-13(16)12(14)11-20(15)19-9-7-17-8-10-19/h3,5-6,17H,2,4,7-11H2,1H3. The van der Waals surface area contributed by atoms with Gasteiger partial charge in [0.1, 0.15) is 5.84 Å². The van der Waals surface area contributed by atoms with E-state index in [2.05, 4.69) is 28.3 Å². The molecule has 1 saturated heterocycles. The maximum atomic E-state index is 6.34. The first-order valence-electron chi connectivity index (χ1n) is 7.37. The van der Waals surface area contributed by atoms with Crippen molar-refractivity contribution in [2.24, 2.45) is 4.99 Å². The van der Waals surface area contributed by atoms with Gasteiger partial charge in [-0.1, -0.05) is 24.6 Å². The predicted molar refractivity (Wildman–Crippen MR) is 83.4 cm³/mol. The highest BCUT2D eigenvalue weighted by molar-refractivity contribution is 6.31. The number of halogens is 1. The molecule has 0 saturated carbocycles. The summed E-state index contributed by atoms with van der Waals surface area (Å²) in [6.45, 7) is 7.17. The van der Waals surface area contributed by atoms with Crippen LogP contribution in [0.1, 0.15) is 25.3 Å². The molecular formula is C15H21ClN4. The first-order chi connectivity index (χ1) is 9.79. The number of hydrogen-bond acceptors (Lipinski definition) is 4. The molecule has 2 heterocycles. The van der Waals surface area contributed by atoms with E-state index in [-0.39, 0.29) is 0 Å². The summed E-state index contributed by atoms with van der Waals surface area (Å²) in [5.41, 5.74) is 2.18. The number of rotatable bonds is 3. The fourth-order valence-electron chi connectivity index (χ4n) is 2.81.